The summed E-state index contributed by atoms with van der Waals surface area (Å²) in [6.45, 7) is 0.282. The number of fused-ring (bicyclic) bond motifs is 3. The van der Waals surface area contributed by atoms with E-state index in [4.69, 9.17) is 14.9 Å². The summed E-state index contributed by atoms with van der Waals surface area (Å²) >= 11 is 0. The fourth-order valence-corrected chi connectivity index (χ4v) is 1.77. The Morgan fingerprint density at radius 2 is 2.50 bits per heavy atom. The van der Waals surface area contributed by atoms with Crippen molar-refractivity contribution in [2.45, 2.75) is 18.4 Å². The van der Waals surface area contributed by atoms with Gasteiger partial charge in [0.25, 0.3) is 0 Å². The molecule has 0 aliphatic carbocycles. The third-order valence-electron chi connectivity index (χ3n) is 2.44. The van der Waals surface area contributed by atoms with Crippen molar-refractivity contribution >= 4 is 0 Å². The van der Waals surface area contributed by atoms with Gasteiger partial charge in [0.1, 0.15) is 6.10 Å². The first kappa shape index (κ1) is 7.95. The normalized spacial score (nSPS) is 33.6. The summed E-state index contributed by atoms with van der Waals surface area (Å²) in [6.07, 6.45) is 0.390. The molecule has 0 spiro atoms. The van der Waals surface area contributed by atoms with Gasteiger partial charge in [0.15, 0.2) is 17.8 Å². The zero-order valence-corrected chi connectivity index (χ0v) is 7.25. The minimum atomic E-state index is -0.615. The lowest BCUT2D eigenvalue weighted by atomic mass is 10.2. The fraction of sp³-hybridized carbons (Fsp3) is 0.500. The van der Waals surface area contributed by atoms with Crippen LogP contribution in [0.4, 0.5) is 0 Å². The van der Waals surface area contributed by atoms with Crippen LogP contribution in [0.25, 0.3) is 0 Å². The number of nitrogens with one attached hydrogen (secondary N) is 1. The second kappa shape index (κ2) is 2.55. The molecule has 0 bridgehead atoms. The minimum Gasteiger partial charge on any atom is -0.454 e. The van der Waals surface area contributed by atoms with Crippen LogP contribution in [-0.2, 0) is 4.74 Å². The van der Waals surface area contributed by atoms with Crippen LogP contribution in [0.5, 0.6) is 6.01 Å². The third-order valence-corrected chi connectivity index (χ3v) is 2.44. The van der Waals surface area contributed by atoms with Gasteiger partial charge in [-0.3, -0.25) is 9.98 Å². The number of rotatable bonds is 0. The number of hydrogen-bond acceptors (Lipinski definition) is 5. The molecule has 2 aliphatic rings. The van der Waals surface area contributed by atoms with Crippen molar-refractivity contribution in [3.63, 3.8) is 0 Å². The molecule has 1 aromatic rings. The van der Waals surface area contributed by atoms with Crippen molar-refractivity contribution < 1.29 is 14.6 Å². The molecule has 3 atom stereocenters. The van der Waals surface area contributed by atoms with E-state index in [-0.39, 0.29) is 24.4 Å². The highest BCUT2D eigenvalue weighted by atomic mass is 16.6. The fourth-order valence-electron chi connectivity index (χ4n) is 1.77. The Labute approximate surface area is 79.2 Å². The van der Waals surface area contributed by atoms with Gasteiger partial charge in [-0.15, -0.1) is 0 Å². The van der Waals surface area contributed by atoms with E-state index in [2.05, 4.69) is 4.98 Å². The SMILES string of the molecule is N=c1ccn2c(n1)OC1C(O)COC12. The lowest BCUT2D eigenvalue weighted by Crippen LogP contribution is -2.28. The van der Waals surface area contributed by atoms with Gasteiger partial charge in [0, 0.05) is 6.20 Å². The molecule has 2 aliphatic heterocycles. The van der Waals surface area contributed by atoms with E-state index < -0.39 is 6.10 Å². The molecule has 2 N–H and O–H groups in total. The highest BCUT2D eigenvalue weighted by Crippen LogP contribution is 2.35. The van der Waals surface area contributed by atoms with Crippen LogP contribution in [0.1, 0.15) is 6.23 Å². The minimum absolute atomic E-state index is 0.144. The van der Waals surface area contributed by atoms with Gasteiger partial charge in [-0.05, 0) is 6.07 Å². The third kappa shape index (κ3) is 0.919. The number of aliphatic hydroxyl groups is 1. The van der Waals surface area contributed by atoms with Crippen molar-refractivity contribution in [2.24, 2.45) is 0 Å². The Balaban J connectivity index is 2.08. The molecule has 0 aromatic carbocycles. The largest absolute Gasteiger partial charge is 0.454 e. The lowest BCUT2D eigenvalue weighted by Gasteiger charge is -2.08. The van der Waals surface area contributed by atoms with Gasteiger partial charge in [-0.25, -0.2) is 0 Å². The summed E-state index contributed by atoms with van der Waals surface area (Å²) in [7, 11) is 0. The second-order valence-corrected chi connectivity index (χ2v) is 3.38. The summed E-state index contributed by atoms with van der Waals surface area (Å²) in [5.74, 6) is 0. The van der Waals surface area contributed by atoms with Crippen molar-refractivity contribution in [3.8, 4) is 6.01 Å². The van der Waals surface area contributed by atoms with Gasteiger partial charge >= 0.3 is 6.01 Å². The Bertz CT molecular complexity index is 430. The van der Waals surface area contributed by atoms with Crippen LogP contribution >= 0.6 is 0 Å². The van der Waals surface area contributed by atoms with Crippen LogP contribution < -0.4 is 10.2 Å². The van der Waals surface area contributed by atoms with E-state index in [0.717, 1.165) is 0 Å². The molecule has 1 aromatic heterocycles. The van der Waals surface area contributed by atoms with E-state index in [1.54, 1.807) is 16.8 Å². The predicted molar refractivity (Wildman–Crippen MR) is 43.5 cm³/mol. The number of ether oxygens (including phenoxy) is 2. The van der Waals surface area contributed by atoms with Gasteiger partial charge in [-0.1, -0.05) is 0 Å². The highest BCUT2D eigenvalue weighted by molar-refractivity contribution is 5.08. The van der Waals surface area contributed by atoms with Gasteiger partial charge in [0.2, 0.25) is 0 Å². The van der Waals surface area contributed by atoms with Crippen molar-refractivity contribution in [3.05, 3.63) is 17.8 Å². The van der Waals surface area contributed by atoms with E-state index in [1.807, 2.05) is 0 Å². The maximum atomic E-state index is 9.50. The van der Waals surface area contributed by atoms with Gasteiger partial charge in [0.05, 0.1) is 6.61 Å². The number of hydrogen-bond donors (Lipinski definition) is 2. The van der Waals surface area contributed by atoms with Crippen molar-refractivity contribution in [1.29, 1.82) is 5.41 Å². The molecule has 0 amide bonds. The van der Waals surface area contributed by atoms with E-state index in [0.29, 0.717) is 6.01 Å². The van der Waals surface area contributed by atoms with Crippen LogP contribution in [0.3, 0.4) is 0 Å². The van der Waals surface area contributed by atoms with E-state index >= 15 is 0 Å². The molecule has 3 unspecified atom stereocenters. The van der Waals surface area contributed by atoms with Gasteiger partial charge < -0.3 is 14.6 Å². The molecule has 6 nitrogen and oxygen atoms in total. The van der Waals surface area contributed by atoms with Crippen LogP contribution in [0, 0.1) is 5.41 Å². The smallest absolute Gasteiger partial charge is 0.301 e. The van der Waals surface area contributed by atoms with Crippen molar-refractivity contribution in [2.75, 3.05) is 6.61 Å². The van der Waals surface area contributed by atoms with Gasteiger partial charge in [-0.2, -0.15) is 4.98 Å². The van der Waals surface area contributed by atoms with Crippen molar-refractivity contribution in [1.82, 2.24) is 9.55 Å². The van der Waals surface area contributed by atoms with Crippen LogP contribution in [0.15, 0.2) is 12.3 Å². The Hall–Kier alpha value is -1.40. The lowest BCUT2D eigenvalue weighted by molar-refractivity contribution is 0.0394. The molecule has 0 radical (unpaired) electrons. The Morgan fingerprint density at radius 1 is 1.64 bits per heavy atom. The number of aliphatic hydroxyl groups excluding tert-OH is 1. The number of nitrogens with zero attached hydrogens (tertiary/aromatic N) is 2. The molecule has 74 valence electrons. The first-order valence-electron chi connectivity index (χ1n) is 4.36. The molecule has 6 heteroatoms. The molecule has 0 saturated carbocycles. The molecule has 14 heavy (non-hydrogen) atoms. The second-order valence-electron chi connectivity index (χ2n) is 3.38. The summed E-state index contributed by atoms with van der Waals surface area (Å²) in [6, 6.07) is 1.90. The van der Waals surface area contributed by atoms with E-state index in [9.17, 15) is 5.11 Å². The first-order chi connectivity index (χ1) is 6.75. The zero-order valence-electron chi connectivity index (χ0n) is 7.25. The summed E-state index contributed by atoms with van der Waals surface area (Å²) in [4.78, 5) is 3.89. The number of aromatic nitrogens is 2. The zero-order chi connectivity index (χ0) is 9.71. The maximum Gasteiger partial charge on any atom is 0.301 e. The molecule has 3 heterocycles. The van der Waals surface area contributed by atoms with Crippen LogP contribution in [-0.4, -0.2) is 33.5 Å². The Kier molecular flexibility index (Phi) is 1.45. The maximum absolute atomic E-state index is 9.50. The molecular formula is C8H9N3O3. The standard InChI is InChI=1S/C8H9N3O3/c9-5-1-2-11-7-6(4(12)3-13-7)14-8(11)10-5/h1-2,4,6-7,9,12H,3H2. The Morgan fingerprint density at radius 3 is 3.36 bits per heavy atom. The predicted octanol–water partition coefficient (Wildman–Crippen LogP) is -0.987. The average molecular weight is 195 g/mol. The first-order valence-corrected chi connectivity index (χ1v) is 4.36. The molecule has 1 fully saturated rings. The summed E-state index contributed by atoms with van der Waals surface area (Å²) in [5, 5.41) is 16.8. The highest BCUT2D eigenvalue weighted by Gasteiger charge is 2.45. The summed E-state index contributed by atoms with van der Waals surface area (Å²) < 4.78 is 12.4. The monoisotopic (exact) mass is 195 g/mol. The average Bonchev–Trinajstić information content (AvgIpc) is 2.66. The topological polar surface area (TPSA) is 80.4 Å². The molecular weight excluding hydrogens is 186 g/mol. The molecule has 3 rings (SSSR count). The molecule has 1 saturated heterocycles. The quantitative estimate of drug-likeness (QED) is 0.557. The summed E-state index contributed by atoms with van der Waals surface area (Å²) in [5.41, 5.74) is 0.144. The van der Waals surface area contributed by atoms with Crippen LogP contribution in [0.2, 0.25) is 0 Å². The van der Waals surface area contributed by atoms with E-state index in [1.165, 1.54) is 0 Å².